The van der Waals surface area contributed by atoms with Gasteiger partial charge in [0.15, 0.2) is 5.76 Å². The third-order valence-corrected chi connectivity index (χ3v) is 5.99. The van der Waals surface area contributed by atoms with Gasteiger partial charge in [-0.15, -0.1) is 0 Å². The second kappa shape index (κ2) is 9.25. The molecular formula is C25H28N2O4. The number of ether oxygens (including phenoxy) is 2. The van der Waals surface area contributed by atoms with Gasteiger partial charge in [-0.1, -0.05) is 48.0 Å². The quantitative estimate of drug-likeness (QED) is 0.728. The van der Waals surface area contributed by atoms with Crippen LogP contribution in [0.5, 0.6) is 5.75 Å². The molecule has 0 radical (unpaired) electrons. The number of morpholine rings is 1. The SMILES string of the molecule is COc1ccccc1/C=C1\OC2CCC(C(=O)NCc3ccc(C)cc3)CC2NC1=O. The number of methoxy groups -OCH3 is 1. The number of carbonyl (C=O) groups is 2. The van der Waals surface area contributed by atoms with Crippen molar-refractivity contribution in [3.63, 3.8) is 0 Å². The molecule has 1 aliphatic carbocycles. The van der Waals surface area contributed by atoms with Crippen molar-refractivity contribution in [1.29, 1.82) is 0 Å². The third-order valence-electron chi connectivity index (χ3n) is 5.99. The average Bonchev–Trinajstić information content (AvgIpc) is 2.79. The first-order valence-corrected chi connectivity index (χ1v) is 10.7. The van der Waals surface area contributed by atoms with Gasteiger partial charge in [0, 0.05) is 18.0 Å². The van der Waals surface area contributed by atoms with Crippen molar-refractivity contribution in [1.82, 2.24) is 10.6 Å². The van der Waals surface area contributed by atoms with Crippen LogP contribution >= 0.6 is 0 Å². The molecule has 0 bridgehead atoms. The van der Waals surface area contributed by atoms with Crippen LogP contribution in [-0.2, 0) is 20.9 Å². The zero-order chi connectivity index (χ0) is 21.8. The zero-order valence-corrected chi connectivity index (χ0v) is 17.9. The molecule has 1 saturated carbocycles. The van der Waals surface area contributed by atoms with Crippen molar-refractivity contribution in [2.24, 2.45) is 5.92 Å². The Bertz CT molecular complexity index is 983. The summed E-state index contributed by atoms with van der Waals surface area (Å²) < 4.78 is 11.4. The number of carbonyl (C=O) groups excluding carboxylic acids is 2. The Kier molecular flexibility index (Phi) is 6.26. The van der Waals surface area contributed by atoms with E-state index in [0.717, 1.165) is 24.0 Å². The Balaban J connectivity index is 1.36. The molecule has 2 aromatic carbocycles. The van der Waals surface area contributed by atoms with Gasteiger partial charge in [-0.2, -0.15) is 0 Å². The van der Waals surface area contributed by atoms with Gasteiger partial charge in [0.05, 0.1) is 13.2 Å². The molecule has 2 amide bonds. The molecule has 6 nitrogen and oxygen atoms in total. The summed E-state index contributed by atoms with van der Waals surface area (Å²) in [6.45, 7) is 2.55. The van der Waals surface area contributed by atoms with Crippen LogP contribution in [0.25, 0.3) is 6.08 Å². The second-order valence-corrected chi connectivity index (χ2v) is 8.20. The minimum Gasteiger partial charge on any atom is -0.496 e. The number of aryl methyl sites for hydroxylation is 1. The first-order valence-electron chi connectivity index (χ1n) is 10.7. The summed E-state index contributed by atoms with van der Waals surface area (Å²) in [6, 6.07) is 15.5. The average molecular weight is 421 g/mol. The summed E-state index contributed by atoms with van der Waals surface area (Å²) in [5.41, 5.74) is 3.06. The van der Waals surface area contributed by atoms with E-state index in [2.05, 4.69) is 10.6 Å². The Morgan fingerprint density at radius 1 is 1.19 bits per heavy atom. The van der Waals surface area contributed by atoms with Gasteiger partial charge in [-0.05, 0) is 43.9 Å². The lowest BCUT2D eigenvalue weighted by Gasteiger charge is -2.39. The Morgan fingerprint density at radius 3 is 2.74 bits per heavy atom. The lowest BCUT2D eigenvalue weighted by atomic mass is 9.82. The number of nitrogens with one attached hydrogen (secondary N) is 2. The number of para-hydroxylation sites is 1. The summed E-state index contributed by atoms with van der Waals surface area (Å²) in [7, 11) is 1.60. The zero-order valence-electron chi connectivity index (χ0n) is 17.9. The third kappa shape index (κ3) is 4.90. The van der Waals surface area contributed by atoms with Gasteiger partial charge < -0.3 is 20.1 Å². The number of hydrogen-bond acceptors (Lipinski definition) is 4. The molecule has 3 unspecified atom stereocenters. The highest BCUT2D eigenvalue weighted by Gasteiger charge is 2.40. The van der Waals surface area contributed by atoms with E-state index in [9.17, 15) is 9.59 Å². The summed E-state index contributed by atoms with van der Waals surface area (Å²) in [4.78, 5) is 25.3. The molecule has 162 valence electrons. The molecule has 6 heteroatoms. The molecule has 1 aliphatic heterocycles. The molecule has 2 fully saturated rings. The molecule has 0 spiro atoms. The highest BCUT2D eigenvalue weighted by molar-refractivity contribution is 5.97. The number of fused-ring (bicyclic) bond motifs is 1. The van der Waals surface area contributed by atoms with Crippen molar-refractivity contribution in [2.75, 3.05) is 7.11 Å². The van der Waals surface area contributed by atoms with E-state index in [1.165, 1.54) is 5.56 Å². The van der Waals surface area contributed by atoms with Crippen molar-refractivity contribution >= 4 is 17.9 Å². The van der Waals surface area contributed by atoms with Crippen LogP contribution in [0.4, 0.5) is 0 Å². The molecule has 3 atom stereocenters. The molecule has 1 saturated heterocycles. The van der Waals surface area contributed by atoms with Crippen molar-refractivity contribution in [3.05, 3.63) is 71.0 Å². The number of hydrogen-bond donors (Lipinski definition) is 2. The van der Waals surface area contributed by atoms with Crippen LogP contribution in [0.2, 0.25) is 0 Å². The van der Waals surface area contributed by atoms with Crippen LogP contribution in [0.1, 0.15) is 36.0 Å². The molecule has 4 rings (SSSR count). The standard InChI is InChI=1S/C25H28N2O4/c1-16-7-9-17(10-8-16)15-26-24(28)19-11-12-22-20(13-19)27-25(29)23(31-22)14-18-5-3-4-6-21(18)30-2/h3-10,14,19-20,22H,11-13,15H2,1-2H3,(H,26,28)(H,27,29)/b23-14-. The van der Waals surface area contributed by atoms with Crippen molar-refractivity contribution in [3.8, 4) is 5.75 Å². The van der Waals surface area contributed by atoms with E-state index in [1.54, 1.807) is 13.2 Å². The normalized spacial score (nSPS) is 24.0. The largest absolute Gasteiger partial charge is 0.496 e. The van der Waals surface area contributed by atoms with E-state index in [0.29, 0.717) is 18.7 Å². The van der Waals surface area contributed by atoms with Crippen molar-refractivity contribution in [2.45, 2.75) is 44.9 Å². The highest BCUT2D eigenvalue weighted by atomic mass is 16.5. The van der Waals surface area contributed by atoms with Crippen molar-refractivity contribution < 1.29 is 19.1 Å². The number of amides is 2. The van der Waals surface area contributed by atoms with Crippen LogP contribution in [0, 0.1) is 12.8 Å². The fourth-order valence-corrected chi connectivity index (χ4v) is 4.20. The molecular weight excluding hydrogens is 392 g/mol. The predicted octanol–water partition coefficient (Wildman–Crippen LogP) is 3.34. The summed E-state index contributed by atoms with van der Waals surface area (Å²) in [5, 5.41) is 6.07. The molecule has 2 aromatic rings. The summed E-state index contributed by atoms with van der Waals surface area (Å²) in [5.74, 6) is 0.613. The lowest BCUT2D eigenvalue weighted by molar-refractivity contribution is -0.134. The predicted molar refractivity (Wildman–Crippen MR) is 118 cm³/mol. The molecule has 1 heterocycles. The van der Waals surface area contributed by atoms with Gasteiger partial charge in [-0.3, -0.25) is 9.59 Å². The maximum Gasteiger partial charge on any atom is 0.286 e. The second-order valence-electron chi connectivity index (χ2n) is 8.20. The topological polar surface area (TPSA) is 76.7 Å². The van der Waals surface area contributed by atoms with Gasteiger partial charge in [-0.25, -0.2) is 0 Å². The summed E-state index contributed by atoms with van der Waals surface area (Å²) >= 11 is 0. The molecule has 0 aromatic heterocycles. The molecule has 31 heavy (non-hydrogen) atoms. The van der Waals surface area contributed by atoms with E-state index < -0.39 is 0 Å². The van der Waals surface area contributed by atoms with Gasteiger partial charge >= 0.3 is 0 Å². The maximum absolute atomic E-state index is 12.7. The number of benzene rings is 2. The smallest absolute Gasteiger partial charge is 0.286 e. The fourth-order valence-electron chi connectivity index (χ4n) is 4.20. The van der Waals surface area contributed by atoms with Crippen LogP contribution in [-0.4, -0.2) is 31.1 Å². The molecule has 2 aliphatic rings. The van der Waals surface area contributed by atoms with E-state index in [-0.39, 0.29) is 35.6 Å². The van der Waals surface area contributed by atoms with Crippen LogP contribution in [0.15, 0.2) is 54.3 Å². The minimum atomic E-state index is -0.257. The number of rotatable bonds is 5. The van der Waals surface area contributed by atoms with Gasteiger partial charge in [0.25, 0.3) is 5.91 Å². The minimum absolute atomic E-state index is 0.0311. The molecule has 2 N–H and O–H groups in total. The van der Waals surface area contributed by atoms with E-state index in [1.807, 2.05) is 55.5 Å². The Morgan fingerprint density at radius 2 is 1.97 bits per heavy atom. The Hall–Kier alpha value is -3.28. The highest BCUT2D eigenvalue weighted by Crippen LogP contribution is 2.32. The first-order chi connectivity index (χ1) is 15.0. The van der Waals surface area contributed by atoms with E-state index in [4.69, 9.17) is 9.47 Å². The van der Waals surface area contributed by atoms with Crippen LogP contribution in [0.3, 0.4) is 0 Å². The Labute approximate surface area is 182 Å². The maximum atomic E-state index is 12.7. The van der Waals surface area contributed by atoms with E-state index >= 15 is 0 Å². The van der Waals surface area contributed by atoms with Gasteiger partial charge in [0.1, 0.15) is 11.9 Å². The lowest BCUT2D eigenvalue weighted by Crippen LogP contribution is -2.54. The van der Waals surface area contributed by atoms with Gasteiger partial charge in [0.2, 0.25) is 5.91 Å². The first kappa shape index (κ1) is 21.0. The summed E-state index contributed by atoms with van der Waals surface area (Å²) in [6.07, 6.45) is 3.62. The monoisotopic (exact) mass is 420 g/mol. The fraction of sp³-hybridized carbons (Fsp3) is 0.360. The van der Waals surface area contributed by atoms with Crippen LogP contribution < -0.4 is 15.4 Å².